The van der Waals surface area contributed by atoms with Crippen LogP contribution in [0.15, 0.2) is 30.5 Å². The molecule has 1 aromatic carbocycles. The standard InChI is InChI=1S/C17H24N2OS/c1-12(2)11-20-15-7-5-14(6-8-15)17-19-10-16(21-17)9-18-13(3)4/h5-8,10,12-13,18H,9,11H2,1-4H3. The second kappa shape index (κ2) is 7.57. The lowest BCUT2D eigenvalue weighted by atomic mass is 10.2. The largest absolute Gasteiger partial charge is 0.493 e. The number of nitrogens with one attached hydrogen (secondary N) is 1. The molecule has 0 spiro atoms. The van der Waals surface area contributed by atoms with Crippen LogP contribution in [0.3, 0.4) is 0 Å². The van der Waals surface area contributed by atoms with Crippen LogP contribution in [0.25, 0.3) is 10.6 Å². The van der Waals surface area contributed by atoms with Crippen molar-refractivity contribution in [3.05, 3.63) is 35.3 Å². The number of thiazole rings is 1. The molecule has 4 heteroatoms. The lowest BCUT2D eigenvalue weighted by molar-refractivity contribution is 0.271. The third-order valence-electron chi connectivity index (χ3n) is 2.92. The highest BCUT2D eigenvalue weighted by molar-refractivity contribution is 7.15. The normalized spacial score (nSPS) is 11.3. The van der Waals surface area contributed by atoms with E-state index < -0.39 is 0 Å². The van der Waals surface area contributed by atoms with Gasteiger partial charge >= 0.3 is 0 Å². The SMILES string of the molecule is CC(C)COc1ccc(-c2ncc(CNC(C)C)s2)cc1. The van der Waals surface area contributed by atoms with Crippen LogP contribution in [-0.2, 0) is 6.54 Å². The minimum Gasteiger partial charge on any atom is -0.493 e. The van der Waals surface area contributed by atoms with E-state index in [4.69, 9.17) is 4.74 Å². The molecule has 0 fully saturated rings. The first-order valence-corrected chi connectivity index (χ1v) is 8.27. The Morgan fingerprint density at radius 1 is 1.14 bits per heavy atom. The number of benzene rings is 1. The maximum atomic E-state index is 5.70. The average molecular weight is 304 g/mol. The van der Waals surface area contributed by atoms with Gasteiger partial charge < -0.3 is 10.1 Å². The molecule has 0 aliphatic rings. The van der Waals surface area contributed by atoms with Crippen LogP contribution >= 0.6 is 11.3 Å². The van der Waals surface area contributed by atoms with Crippen molar-refractivity contribution >= 4 is 11.3 Å². The Morgan fingerprint density at radius 3 is 2.48 bits per heavy atom. The maximum Gasteiger partial charge on any atom is 0.123 e. The molecule has 0 atom stereocenters. The summed E-state index contributed by atoms with van der Waals surface area (Å²) in [5, 5.41) is 4.47. The third kappa shape index (κ3) is 5.14. The Morgan fingerprint density at radius 2 is 1.86 bits per heavy atom. The summed E-state index contributed by atoms with van der Waals surface area (Å²) in [6.07, 6.45) is 1.96. The molecule has 21 heavy (non-hydrogen) atoms. The van der Waals surface area contributed by atoms with Gasteiger partial charge in [0.2, 0.25) is 0 Å². The summed E-state index contributed by atoms with van der Waals surface area (Å²) in [6.45, 7) is 10.2. The van der Waals surface area contributed by atoms with E-state index in [1.807, 2.05) is 18.3 Å². The van der Waals surface area contributed by atoms with Crippen molar-refractivity contribution in [2.75, 3.05) is 6.61 Å². The summed E-state index contributed by atoms with van der Waals surface area (Å²) in [5.74, 6) is 1.46. The molecular formula is C17H24N2OS. The first kappa shape index (κ1) is 16.0. The van der Waals surface area contributed by atoms with Crippen LogP contribution < -0.4 is 10.1 Å². The van der Waals surface area contributed by atoms with Gasteiger partial charge in [0.25, 0.3) is 0 Å². The van der Waals surface area contributed by atoms with E-state index in [-0.39, 0.29) is 0 Å². The minimum atomic E-state index is 0.493. The smallest absolute Gasteiger partial charge is 0.123 e. The Bertz CT molecular complexity index is 546. The summed E-state index contributed by atoms with van der Waals surface area (Å²) in [6, 6.07) is 8.69. The highest BCUT2D eigenvalue weighted by Crippen LogP contribution is 2.27. The lowest BCUT2D eigenvalue weighted by Crippen LogP contribution is -2.21. The van der Waals surface area contributed by atoms with Crippen LogP contribution in [0.1, 0.15) is 32.6 Å². The van der Waals surface area contributed by atoms with Crippen LogP contribution in [0.4, 0.5) is 0 Å². The molecule has 114 valence electrons. The van der Waals surface area contributed by atoms with Crippen molar-refractivity contribution in [2.45, 2.75) is 40.3 Å². The molecule has 0 saturated carbocycles. The maximum absolute atomic E-state index is 5.70. The van der Waals surface area contributed by atoms with Gasteiger partial charge in [-0.15, -0.1) is 11.3 Å². The molecular weight excluding hydrogens is 280 g/mol. The fourth-order valence-corrected chi connectivity index (χ4v) is 2.65. The molecule has 0 radical (unpaired) electrons. The zero-order valence-corrected chi connectivity index (χ0v) is 14.0. The second-order valence-corrected chi connectivity index (χ2v) is 7.01. The third-order valence-corrected chi connectivity index (χ3v) is 3.97. The van der Waals surface area contributed by atoms with Crippen LogP contribution in [0.2, 0.25) is 0 Å². The van der Waals surface area contributed by atoms with E-state index in [1.165, 1.54) is 4.88 Å². The van der Waals surface area contributed by atoms with Crippen molar-refractivity contribution in [1.29, 1.82) is 0 Å². The summed E-state index contributed by atoms with van der Waals surface area (Å²) in [7, 11) is 0. The van der Waals surface area contributed by atoms with Gasteiger partial charge in [-0.05, 0) is 30.2 Å². The van der Waals surface area contributed by atoms with E-state index in [0.29, 0.717) is 12.0 Å². The molecule has 1 N–H and O–H groups in total. The van der Waals surface area contributed by atoms with Crippen LogP contribution in [0.5, 0.6) is 5.75 Å². The quantitative estimate of drug-likeness (QED) is 0.826. The van der Waals surface area contributed by atoms with E-state index in [0.717, 1.165) is 29.5 Å². The van der Waals surface area contributed by atoms with E-state index >= 15 is 0 Å². The Kier molecular flexibility index (Phi) is 5.76. The highest BCUT2D eigenvalue weighted by Gasteiger charge is 2.06. The molecule has 0 bridgehead atoms. The number of hydrogen-bond acceptors (Lipinski definition) is 4. The molecule has 0 unspecified atom stereocenters. The number of rotatable bonds is 7. The zero-order valence-electron chi connectivity index (χ0n) is 13.2. The fraction of sp³-hybridized carbons (Fsp3) is 0.471. The molecule has 0 aliphatic carbocycles. The number of nitrogens with zero attached hydrogens (tertiary/aromatic N) is 1. The van der Waals surface area contributed by atoms with Crippen molar-refractivity contribution < 1.29 is 4.74 Å². The molecule has 3 nitrogen and oxygen atoms in total. The number of aromatic nitrogens is 1. The van der Waals surface area contributed by atoms with Gasteiger partial charge in [-0.1, -0.05) is 27.7 Å². The average Bonchev–Trinajstić information content (AvgIpc) is 2.92. The Balaban J connectivity index is 1.98. The summed E-state index contributed by atoms with van der Waals surface area (Å²) >= 11 is 1.74. The van der Waals surface area contributed by atoms with Gasteiger partial charge in [0, 0.05) is 29.2 Å². The van der Waals surface area contributed by atoms with E-state index in [9.17, 15) is 0 Å². The monoisotopic (exact) mass is 304 g/mol. The summed E-state index contributed by atoms with van der Waals surface area (Å²) < 4.78 is 5.70. The van der Waals surface area contributed by atoms with Crippen LogP contribution in [-0.4, -0.2) is 17.6 Å². The Hall–Kier alpha value is -1.39. The molecule has 0 saturated heterocycles. The van der Waals surface area contributed by atoms with Crippen molar-refractivity contribution in [2.24, 2.45) is 5.92 Å². The van der Waals surface area contributed by atoms with E-state index in [2.05, 4.69) is 50.1 Å². The van der Waals surface area contributed by atoms with Gasteiger partial charge in [-0.3, -0.25) is 0 Å². The first-order chi connectivity index (χ1) is 10.0. The molecule has 0 amide bonds. The first-order valence-electron chi connectivity index (χ1n) is 7.46. The molecule has 1 heterocycles. The van der Waals surface area contributed by atoms with Gasteiger partial charge in [-0.25, -0.2) is 4.98 Å². The Labute approximate surface area is 131 Å². The zero-order chi connectivity index (χ0) is 15.2. The number of hydrogen-bond donors (Lipinski definition) is 1. The van der Waals surface area contributed by atoms with Crippen molar-refractivity contribution in [3.8, 4) is 16.3 Å². The summed E-state index contributed by atoms with van der Waals surface area (Å²) in [5.41, 5.74) is 1.15. The van der Waals surface area contributed by atoms with Crippen molar-refractivity contribution in [1.82, 2.24) is 10.3 Å². The van der Waals surface area contributed by atoms with Crippen molar-refractivity contribution in [3.63, 3.8) is 0 Å². The molecule has 0 aliphatic heterocycles. The van der Waals surface area contributed by atoms with Gasteiger partial charge in [0.1, 0.15) is 10.8 Å². The van der Waals surface area contributed by atoms with E-state index in [1.54, 1.807) is 11.3 Å². The lowest BCUT2D eigenvalue weighted by Gasteiger charge is -2.08. The van der Waals surface area contributed by atoms with Gasteiger partial charge in [-0.2, -0.15) is 0 Å². The highest BCUT2D eigenvalue weighted by atomic mass is 32.1. The second-order valence-electron chi connectivity index (χ2n) is 5.90. The minimum absolute atomic E-state index is 0.493. The molecule has 2 aromatic rings. The molecule has 1 aromatic heterocycles. The number of ether oxygens (including phenoxy) is 1. The predicted molar refractivity (Wildman–Crippen MR) is 89.9 cm³/mol. The van der Waals surface area contributed by atoms with Crippen LogP contribution in [0, 0.1) is 5.92 Å². The topological polar surface area (TPSA) is 34.1 Å². The van der Waals surface area contributed by atoms with Gasteiger partial charge in [0.05, 0.1) is 6.61 Å². The molecule has 2 rings (SSSR count). The van der Waals surface area contributed by atoms with Gasteiger partial charge in [0.15, 0.2) is 0 Å². The summed E-state index contributed by atoms with van der Waals surface area (Å²) in [4.78, 5) is 5.77. The predicted octanol–water partition coefficient (Wildman–Crippen LogP) is 4.34. The fourth-order valence-electron chi connectivity index (χ4n) is 1.78.